The van der Waals surface area contributed by atoms with Gasteiger partial charge in [0, 0.05) is 11.3 Å². The number of rotatable bonds is 0. The van der Waals surface area contributed by atoms with Crippen LogP contribution in [0.1, 0.15) is 16.7 Å². The summed E-state index contributed by atoms with van der Waals surface area (Å²) in [5, 5.41) is 0. The predicted octanol–water partition coefficient (Wildman–Crippen LogP) is 1.87. The summed E-state index contributed by atoms with van der Waals surface area (Å²) in [7, 11) is 0. The van der Waals surface area contributed by atoms with Gasteiger partial charge in [-0.25, -0.2) is 0 Å². The zero-order valence-electron chi connectivity index (χ0n) is 6.81. The van der Waals surface area contributed by atoms with Crippen molar-refractivity contribution in [2.24, 2.45) is 0 Å². The smallest absolute Gasteiger partial charge is 0.0475 e. The maximum absolute atomic E-state index is 5.66. The highest BCUT2D eigenvalue weighted by molar-refractivity contribution is 5.58. The van der Waals surface area contributed by atoms with Crippen LogP contribution in [0.15, 0.2) is 12.1 Å². The highest BCUT2D eigenvalue weighted by atomic mass is 14.6. The minimum absolute atomic E-state index is 0.690. The van der Waals surface area contributed by atoms with Crippen LogP contribution in [0, 0.1) is 26.2 Å². The van der Waals surface area contributed by atoms with Gasteiger partial charge in [-0.1, -0.05) is 5.92 Å². The van der Waals surface area contributed by atoms with Gasteiger partial charge < -0.3 is 5.73 Å². The van der Waals surface area contributed by atoms with E-state index >= 15 is 0 Å². The number of aryl methyl sites for hydroxylation is 2. The minimum Gasteiger partial charge on any atom is -0.398 e. The molecule has 0 aliphatic rings. The van der Waals surface area contributed by atoms with Gasteiger partial charge in [0.2, 0.25) is 0 Å². The molecule has 0 unspecified atom stereocenters. The molecule has 2 N–H and O–H groups in total. The summed E-state index contributed by atoms with van der Waals surface area (Å²) in [5.41, 5.74) is 9.50. The van der Waals surface area contributed by atoms with Crippen molar-refractivity contribution in [3.8, 4) is 12.3 Å². The van der Waals surface area contributed by atoms with Crippen molar-refractivity contribution in [3.63, 3.8) is 0 Å². The van der Waals surface area contributed by atoms with Crippen LogP contribution in [0.3, 0.4) is 0 Å². The summed E-state index contributed by atoms with van der Waals surface area (Å²) in [4.78, 5) is 0. The highest BCUT2D eigenvalue weighted by Gasteiger charge is 1.98. The molecule has 0 spiro atoms. The second-order valence-corrected chi connectivity index (χ2v) is 2.67. The predicted molar refractivity (Wildman–Crippen MR) is 48.3 cm³/mol. The van der Waals surface area contributed by atoms with Crippen LogP contribution in [0.2, 0.25) is 0 Å². The summed E-state index contributed by atoms with van der Waals surface area (Å²) in [6, 6.07) is 3.84. The Hall–Kier alpha value is -1.42. The van der Waals surface area contributed by atoms with E-state index in [9.17, 15) is 0 Å². The Bertz CT molecular complexity index is 318. The zero-order valence-corrected chi connectivity index (χ0v) is 6.81. The maximum atomic E-state index is 5.66. The fourth-order valence-electron chi connectivity index (χ4n) is 0.964. The molecular formula is C10H11N. The van der Waals surface area contributed by atoms with Gasteiger partial charge in [0.05, 0.1) is 0 Å². The molecule has 56 valence electrons. The number of hydrogen-bond donors (Lipinski definition) is 1. The maximum Gasteiger partial charge on any atom is 0.0475 e. The summed E-state index contributed by atoms with van der Waals surface area (Å²) >= 11 is 0. The summed E-state index contributed by atoms with van der Waals surface area (Å²) in [6.07, 6.45) is 5.24. The zero-order chi connectivity index (χ0) is 8.43. The largest absolute Gasteiger partial charge is 0.398 e. The van der Waals surface area contributed by atoms with E-state index in [4.69, 9.17) is 12.2 Å². The third kappa shape index (κ3) is 1.35. The number of nitrogens with two attached hydrogens (primary N) is 1. The van der Waals surface area contributed by atoms with Gasteiger partial charge in [-0.3, -0.25) is 0 Å². The average molecular weight is 145 g/mol. The minimum atomic E-state index is 0.690. The lowest BCUT2D eigenvalue weighted by molar-refractivity contribution is 1.33. The highest BCUT2D eigenvalue weighted by Crippen LogP contribution is 2.16. The summed E-state index contributed by atoms with van der Waals surface area (Å²) < 4.78 is 0. The van der Waals surface area contributed by atoms with E-state index in [0.717, 1.165) is 5.56 Å². The molecule has 0 heterocycles. The van der Waals surface area contributed by atoms with Crippen molar-refractivity contribution in [1.82, 2.24) is 0 Å². The lowest BCUT2D eigenvalue weighted by Crippen LogP contribution is -1.92. The molecule has 1 heteroatoms. The van der Waals surface area contributed by atoms with Crippen molar-refractivity contribution in [2.45, 2.75) is 13.8 Å². The molecule has 0 aliphatic heterocycles. The summed E-state index contributed by atoms with van der Waals surface area (Å²) in [5.74, 6) is 2.54. The van der Waals surface area contributed by atoms with E-state index in [2.05, 4.69) is 5.92 Å². The molecule has 11 heavy (non-hydrogen) atoms. The van der Waals surface area contributed by atoms with Crippen LogP contribution in [-0.2, 0) is 0 Å². The summed E-state index contributed by atoms with van der Waals surface area (Å²) in [6.45, 7) is 4.04. The molecule has 0 atom stereocenters. The van der Waals surface area contributed by atoms with Gasteiger partial charge in [-0.2, -0.15) is 0 Å². The van der Waals surface area contributed by atoms with Gasteiger partial charge in [0.25, 0.3) is 0 Å². The van der Waals surface area contributed by atoms with E-state index in [1.54, 1.807) is 0 Å². The molecule has 0 radical (unpaired) electrons. The second-order valence-electron chi connectivity index (χ2n) is 2.67. The third-order valence-corrected chi connectivity index (χ3v) is 1.82. The molecule has 1 rings (SSSR count). The lowest BCUT2D eigenvalue weighted by atomic mass is 10.0. The topological polar surface area (TPSA) is 26.0 Å². The molecule has 0 aliphatic carbocycles. The Balaban J connectivity index is 3.35. The number of nitrogen functional groups attached to an aromatic ring is 1. The van der Waals surface area contributed by atoms with Crippen molar-refractivity contribution >= 4 is 5.69 Å². The first-order chi connectivity index (χ1) is 5.15. The first-order valence-corrected chi connectivity index (χ1v) is 3.48. The average Bonchev–Trinajstić information content (AvgIpc) is 1.97. The van der Waals surface area contributed by atoms with Gasteiger partial charge in [0.15, 0.2) is 0 Å². The molecule has 1 nitrogen and oxygen atoms in total. The molecule has 0 saturated carbocycles. The van der Waals surface area contributed by atoms with E-state index in [0.29, 0.717) is 5.69 Å². The van der Waals surface area contributed by atoms with Crippen molar-refractivity contribution < 1.29 is 0 Å². The van der Waals surface area contributed by atoms with Crippen LogP contribution in [-0.4, -0.2) is 0 Å². The Morgan fingerprint density at radius 2 is 1.82 bits per heavy atom. The Morgan fingerprint density at radius 1 is 1.27 bits per heavy atom. The van der Waals surface area contributed by atoms with Crippen molar-refractivity contribution in [2.75, 3.05) is 5.73 Å². The first kappa shape index (κ1) is 7.68. The van der Waals surface area contributed by atoms with Gasteiger partial charge in [0.1, 0.15) is 0 Å². The van der Waals surface area contributed by atoms with Crippen molar-refractivity contribution in [3.05, 3.63) is 28.8 Å². The molecule has 0 aromatic heterocycles. The number of anilines is 1. The van der Waals surface area contributed by atoms with E-state index < -0.39 is 0 Å². The van der Waals surface area contributed by atoms with E-state index in [-0.39, 0.29) is 0 Å². The molecule has 0 bridgehead atoms. The standard InChI is InChI=1S/C10H11N/c1-4-9-5-7(2)8(3)6-10(9)11/h1,5-6H,11H2,2-3H3. The first-order valence-electron chi connectivity index (χ1n) is 3.48. The normalized spacial score (nSPS) is 9.18. The van der Waals surface area contributed by atoms with E-state index in [1.165, 1.54) is 11.1 Å². The van der Waals surface area contributed by atoms with Crippen LogP contribution >= 0.6 is 0 Å². The Kier molecular flexibility index (Phi) is 1.87. The van der Waals surface area contributed by atoms with Gasteiger partial charge in [-0.05, 0) is 37.1 Å². The molecule has 0 amide bonds. The molecular weight excluding hydrogens is 134 g/mol. The fourth-order valence-corrected chi connectivity index (χ4v) is 0.964. The molecule has 1 aromatic carbocycles. The SMILES string of the molecule is C#Cc1cc(C)c(C)cc1N. The van der Waals surface area contributed by atoms with Crippen molar-refractivity contribution in [1.29, 1.82) is 0 Å². The monoisotopic (exact) mass is 145 g/mol. The number of hydrogen-bond acceptors (Lipinski definition) is 1. The molecule has 0 fully saturated rings. The number of benzene rings is 1. The van der Waals surface area contributed by atoms with Crippen LogP contribution in [0.4, 0.5) is 5.69 Å². The second kappa shape index (κ2) is 2.67. The Labute approximate surface area is 67.2 Å². The Morgan fingerprint density at radius 3 is 2.36 bits per heavy atom. The van der Waals surface area contributed by atoms with Crippen LogP contribution < -0.4 is 5.73 Å². The lowest BCUT2D eigenvalue weighted by Gasteiger charge is -2.03. The van der Waals surface area contributed by atoms with Gasteiger partial charge in [-0.15, -0.1) is 6.42 Å². The fraction of sp³-hybridized carbons (Fsp3) is 0.200. The number of terminal acetylenes is 1. The molecule has 0 saturated heterocycles. The van der Waals surface area contributed by atoms with Gasteiger partial charge >= 0.3 is 0 Å². The van der Waals surface area contributed by atoms with E-state index in [1.807, 2.05) is 26.0 Å². The quantitative estimate of drug-likeness (QED) is 0.437. The van der Waals surface area contributed by atoms with Crippen LogP contribution in [0.5, 0.6) is 0 Å². The molecule has 1 aromatic rings. The third-order valence-electron chi connectivity index (χ3n) is 1.82. The van der Waals surface area contributed by atoms with Crippen LogP contribution in [0.25, 0.3) is 0 Å².